The molecule has 1 aromatic rings. The molecule has 0 unspecified atom stereocenters. The van der Waals surface area contributed by atoms with Gasteiger partial charge in [-0.15, -0.1) is 0 Å². The fourth-order valence-corrected chi connectivity index (χ4v) is 1.000. The molecule has 1 N–H and O–H groups in total. The summed E-state index contributed by atoms with van der Waals surface area (Å²) >= 11 is 0. The summed E-state index contributed by atoms with van der Waals surface area (Å²) in [5.74, 6) is -2.95. The van der Waals surface area contributed by atoms with E-state index in [0.29, 0.717) is 0 Å². The molecule has 0 aromatic heterocycles. The van der Waals surface area contributed by atoms with Gasteiger partial charge in [0.1, 0.15) is 11.5 Å². The Bertz CT molecular complexity index is 348. The number of aromatic hydroxyl groups is 1. The molecule has 0 aliphatic carbocycles. The summed E-state index contributed by atoms with van der Waals surface area (Å²) in [6.45, 7) is 1.24. The van der Waals surface area contributed by atoms with Crippen molar-refractivity contribution in [3.05, 3.63) is 29.3 Å². The number of Topliss-reactive ketones (excluding diaryl/α,β-unsaturated/α-hetero) is 1. The minimum absolute atomic E-state index is 0.285. The van der Waals surface area contributed by atoms with E-state index in [9.17, 15) is 13.6 Å². The minimum Gasteiger partial charge on any atom is -0.508 e. The van der Waals surface area contributed by atoms with E-state index in [4.69, 9.17) is 5.11 Å². The molecule has 0 bridgehead atoms. The molecule has 70 valence electrons. The standard InChI is InChI=1S/C9H8F2O2/c1-5(12)4-6-8(13)3-2-7(10)9(6)11/h2-3,13H,4H2,1H3. The lowest BCUT2D eigenvalue weighted by atomic mass is 10.1. The fourth-order valence-electron chi connectivity index (χ4n) is 1.000. The third kappa shape index (κ3) is 2.02. The average molecular weight is 186 g/mol. The average Bonchev–Trinajstić information content (AvgIpc) is 2.05. The van der Waals surface area contributed by atoms with E-state index in [1.165, 1.54) is 6.92 Å². The maximum atomic E-state index is 12.9. The van der Waals surface area contributed by atoms with Crippen molar-refractivity contribution in [3.63, 3.8) is 0 Å². The molecule has 13 heavy (non-hydrogen) atoms. The van der Waals surface area contributed by atoms with Crippen LogP contribution in [0.4, 0.5) is 8.78 Å². The Labute approximate surface area is 73.8 Å². The maximum Gasteiger partial charge on any atom is 0.166 e. The molecular weight excluding hydrogens is 178 g/mol. The number of halogens is 2. The Morgan fingerprint density at radius 1 is 1.46 bits per heavy atom. The predicted octanol–water partition coefficient (Wildman–Crippen LogP) is 1.80. The van der Waals surface area contributed by atoms with Gasteiger partial charge < -0.3 is 5.11 Å². The van der Waals surface area contributed by atoms with Crippen LogP contribution in [0.2, 0.25) is 0 Å². The molecule has 0 radical (unpaired) electrons. The van der Waals surface area contributed by atoms with Gasteiger partial charge in [-0.1, -0.05) is 0 Å². The molecule has 1 rings (SSSR count). The molecule has 0 atom stereocenters. The van der Waals surface area contributed by atoms with Crippen LogP contribution in [0.25, 0.3) is 0 Å². The van der Waals surface area contributed by atoms with Crippen LogP contribution in [0.15, 0.2) is 12.1 Å². The molecule has 1 aromatic carbocycles. The minimum atomic E-state index is -1.16. The molecule has 2 nitrogen and oxygen atoms in total. The van der Waals surface area contributed by atoms with Crippen LogP contribution in [-0.4, -0.2) is 10.9 Å². The third-order valence-corrected chi connectivity index (χ3v) is 1.60. The van der Waals surface area contributed by atoms with E-state index in [1.54, 1.807) is 0 Å². The van der Waals surface area contributed by atoms with Gasteiger partial charge in [0, 0.05) is 12.0 Å². The maximum absolute atomic E-state index is 12.9. The van der Waals surface area contributed by atoms with Crippen molar-refractivity contribution in [3.8, 4) is 5.75 Å². The Morgan fingerprint density at radius 2 is 2.08 bits per heavy atom. The second-order valence-electron chi connectivity index (χ2n) is 2.74. The summed E-state index contributed by atoms with van der Waals surface area (Å²) in [6, 6.07) is 1.84. The third-order valence-electron chi connectivity index (χ3n) is 1.60. The zero-order valence-electron chi connectivity index (χ0n) is 6.97. The number of rotatable bonds is 2. The van der Waals surface area contributed by atoms with Crippen molar-refractivity contribution in [2.45, 2.75) is 13.3 Å². The van der Waals surface area contributed by atoms with E-state index in [1.807, 2.05) is 0 Å². The normalized spacial score (nSPS) is 10.1. The molecule has 0 heterocycles. The number of carbonyl (C=O) groups is 1. The molecular formula is C9H8F2O2. The van der Waals surface area contributed by atoms with E-state index in [2.05, 4.69) is 0 Å². The number of carbonyl (C=O) groups excluding carboxylic acids is 1. The van der Waals surface area contributed by atoms with Crippen LogP contribution in [0.5, 0.6) is 5.75 Å². The number of phenols is 1. The van der Waals surface area contributed by atoms with E-state index in [-0.39, 0.29) is 17.8 Å². The largest absolute Gasteiger partial charge is 0.508 e. The Kier molecular flexibility index (Phi) is 2.60. The second-order valence-corrected chi connectivity index (χ2v) is 2.74. The molecule has 0 aliphatic heterocycles. The summed E-state index contributed by atoms with van der Waals surface area (Å²) in [4.78, 5) is 10.6. The van der Waals surface area contributed by atoms with Crippen molar-refractivity contribution in [1.29, 1.82) is 0 Å². The Morgan fingerprint density at radius 3 is 2.62 bits per heavy atom. The second kappa shape index (κ2) is 3.51. The molecule has 0 fully saturated rings. The van der Waals surface area contributed by atoms with Gasteiger partial charge in [-0.3, -0.25) is 4.79 Å². The number of hydrogen-bond acceptors (Lipinski definition) is 2. The first-order valence-electron chi connectivity index (χ1n) is 3.67. The molecule has 0 saturated heterocycles. The monoisotopic (exact) mass is 186 g/mol. The summed E-state index contributed by atoms with van der Waals surface area (Å²) in [7, 11) is 0. The first-order valence-corrected chi connectivity index (χ1v) is 3.67. The summed E-state index contributed by atoms with van der Waals surface area (Å²) in [5, 5.41) is 9.11. The zero-order chi connectivity index (χ0) is 10.0. The first-order chi connectivity index (χ1) is 6.02. The lowest BCUT2D eigenvalue weighted by molar-refractivity contribution is -0.116. The molecule has 0 amide bonds. The smallest absolute Gasteiger partial charge is 0.166 e. The van der Waals surface area contributed by atoms with E-state index >= 15 is 0 Å². The Balaban J connectivity index is 3.17. The van der Waals surface area contributed by atoms with Gasteiger partial charge in [-0.2, -0.15) is 0 Å². The highest BCUT2D eigenvalue weighted by atomic mass is 19.2. The first kappa shape index (κ1) is 9.64. The number of ketones is 1. The van der Waals surface area contributed by atoms with Gasteiger partial charge in [0.2, 0.25) is 0 Å². The summed E-state index contributed by atoms with van der Waals surface area (Å²) < 4.78 is 25.5. The van der Waals surface area contributed by atoms with Crippen LogP contribution in [0.1, 0.15) is 12.5 Å². The molecule has 0 spiro atoms. The van der Waals surface area contributed by atoms with Crippen LogP contribution in [0.3, 0.4) is 0 Å². The lowest BCUT2D eigenvalue weighted by Crippen LogP contribution is -2.01. The highest BCUT2D eigenvalue weighted by molar-refractivity contribution is 5.79. The lowest BCUT2D eigenvalue weighted by Gasteiger charge is -2.03. The predicted molar refractivity (Wildman–Crippen MR) is 42.4 cm³/mol. The molecule has 0 saturated carbocycles. The topological polar surface area (TPSA) is 37.3 Å². The fraction of sp³-hybridized carbons (Fsp3) is 0.222. The van der Waals surface area contributed by atoms with Gasteiger partial charge in [0.05, 0.1) is 0 Å². The van der Waals surface area contributed by atoms with E-state index in [0.717, 1.165) is 12.1 Å². The quantitative estimate of drug-likeness (QED) is 0.764. The molecule has 0 aliphatic rings. The van der Waals surface area contributed by atoms with Crippen molar-refractivity contribution in [1.82, 2.24) is 0 Å². The van der Waals surface area contributed by atoms with Crippen molar-refractivity contribution >= 4 is 5.78 Å². The highest BCUT2D eigenvalue weighted by Gasteiger charge is 2.14. The SMILES string of the molecule is CC(=O)Cc1c(O)ccc(F)c1F. The van der Waals surface area contributed by atoms with Gasteiger partial charge >= 0.3 is 0 Å². The number of benzene rings is 1. The number of phenolic OH excluding ortho intramolecular Hbond substituents is 1. The van der Waals surface area contributed by atoms with Crippen LogP contribution in [-0.2, 0) is 11.2 Å². The van der Waals surface area contributed by atoms with Crippen LogP contribution in [0, 0.1) is 11.6 Å². The van der Waals surface area contributed by atoms with Crippen molar-refractivity contribution < 1.29 is 18.7 Å². The summed E-state index contributed by atoms with van der Waals surface area (Å²) in [5.41, 5.74) is -0.285. The highest BCUT2D eigenvalue weighted by Crippen LogP contribution is 2.22. The van der Waals surface area contributed by atoms with Crippen LogP contribution < -0.4 is 0 Å². The van der Waals surface area contributed by atoms with Crippen LogP contribution >= 0.6 is 0 Å². The summed E-state index contributed by atoms with van der Waals surface area (Å²) in [6.07, 6.45) is -0.296. The van der Waals surface area contributed by atoms with Gasteiger partial charge in [0.15, 0.2) is 11.6 Å². The molecule has 4 heteroatoms. The van der Waals surface area contributed by atoms with Crippen molar-refractivity contribution in [2.75, 3.05) is 0 Å². The zero-order valence-corrected chi connectivity index (χ0v) is 6.97. The van der Waals surface area contributed by atoms with Gasteiger partial charge in [-0.25, -0.2) is 8.78 Å². The van der Waals surface area contributed by atoms with Gasteiger partial charge in [0.25, 0.3) is 0 Å². The van der Waals surface area contributed by atoms with E-state index < -0.39 is 17.4 Å². The van der Waals surface area contributed by atoms with Gasteiger partial charge in [-0.05, 0) is 19.1 Å². The Hall–Kier alpha value is -1.45. The number of hydrogen-bond donors (Lipinski definition) is 1. The van der Waals surface area contributed by atoms with Crippen molar-refractivity contribution in [2.24, 2.45) is 0 Å².